The average Bonchev–Trinajstić information content (AvgIpc) is 2.99. The lowest BCUT2D eigenvalue weighted by atomic mass is 10.2. The Morgan fingerprint density at radius 1 is 1.09 bits per heavy atom. The summed E-state index contributed by atoms with van der Waals surface area (Å²) >= 11 is 1.60. The van der Waals surface area contributed by atoms with E-state index >= 15 is 0 Å². The monoisotopic (exact) mass is 306 g/mol. The molecule has 0 amide bonds. The molecule has 0 bridgehead atoms. The summed E-state index contributed by atoms with van der Waals surface area (Å²) in [6, 6.07) is 5.92. The van der Waals surface area contributed by atoms with E-state index in [2.05, 4.69) is 26.8 Å². The molecule has 0 aliphatic heterocycles. The molecule has 0 unspecified atom stereocenters. The first kappa shape index (κ1) is 14.2. The summed E-state index contributed by atoms with van der Waals surface area (Å²) in [6.45, 7) is 1.97. The van der Waals surface area contributed by atoms with Crippen molar-refractivity contribution in [3.8, 4) is 11.8 Å². The molecule has 0 aliphatic carbocycles. The number of nitrogens with zero attached hydrogens (tertiary/aromatic N) is 4. The topological polar surface area (TPSA) is 41.9 Å². The minimum atomic E-state index is 0.800. The van der Waals surface area contributed by atoms with Gasteiger partial charge in [-0.2, -0.15) is 0 Å². The first-order chi connectivity index (χ1) is 10.7. The summed E-state index contributed by atoms with van der Waals surface area (Å²) in [5.74, 6) is 6.18. The molecular formula is C17H14N4S. The Morgan fingerprint density at radius 2 is 1.95 bits per heavy atom. The number of pyridine rings is 2. The zero-order valence-electron chi connectivity index (χ0n) is 12.3. The first-order valence-electron chi connectivity index (χ1n) is 6.75. The summed E-state index contributed by atoms with van der Waals surface area (Å²) in [4.78, 5) is 14.8. The van der Waals surface area contributed by atoms with Gasteiger partial charge in [0.15, 0.2) is 0 Å². The van der Waals surface area contributed by atoms with Gasteiger partial charge in [-0.3, -0.25) is 9.97 Å². The Labute approximate surface area is 133 Å². The molecule has 0 spiro atoms. The van der Waals surface area contributed by atoms with Crippen LogP contribution in [0.25, 0.3) is 0 Å². The smallest absolute Gasteiger partial charge is 0.124 e. The molecule has 0 atom stereocenters. The van der Waals surface area contributed by atoms with Gasteiger partial charge < -0.3 is 4.90 Å². The molecule has 3 aromatic heterocycles. The van der Waals surface area contributed by atoms with Crippen LogP contribution in [-0.4, -0.2) is 22.0 Å². The molecular weight excluding hydrogens is 292 g/mol. The molecule has 0 fully saturated rings. The van der Waals surface area contributed by atoms with Crippen LogP contribution in [0, 0.1) is 18.8 Å². The van der Waals surface area contributed by atoms with Gasteiger partial charge in [-0.05, 0) is 31.0 Å². The highest BCUT2D eigenvalue weighted by Gasteiger charge is 2.04. The summed E-state index contributed by atoms with van der Waals surface area (Å²) in [6.07, 6.45) is 7.14. The van der Waals surface area contributed by atoms with Gasteiger partial charge in [-0.25, -0.2) is 4.98 Å². The molecule has 4 nitrogen and oxygen atoms in total. The molecule has 3 aromatic rings. The Morgan fingerprint density at radius 3 is 2.68 bits per heavy atom. The van der Waals surface area contributed by atoms with Gasteiger partial charge in [-0.15, -0.1) is 11.3 Å². The molecule has 0 aliphatic rings. The van der Waals surface area contributed by atoms with Crippen molar-refractivity contribution < 1.29 is 0 Å². The van der Waals surface area contributed by atoms with Crippen LogP contribution >= 0.6 is 11.3 Å². The van der Waals surface area contributed by atoms with E-state index < -0.39 is 0 Å². The van der Waals surface area contributed by atoms with Crippen molar-refractivity contribution in [1.29, 1.82) is 0 Å². The van der Waals surface area contributed by atoms with Crippen molar-refractivity contribution in [2.75, 3.05) is 11.9 Å². The fourth-order valence-electron chi connectivity index (χ4n) is 1.94. The summed E-state index contributed by atoms with van der Waals surface area (Å²) in [7, 11) is 1.98. The third kappa shape index (κ3) is 3.30. The standard InChI is InChI=1S/C17H14N4S/c1-13-20-15(12-22-13)6-5-14-8-17(11-19-9-14)21(2)16-4-3-7-18-10-16/h3-4,7-12H,1-2H3. The van der Waals surface area contributed by atoms with Gasteiger partial charge in [0.05, 0.1) is 28.8 Å². The van der Waals surface area contributed by atoms with Crippen LogP contribution in [0.2, 0.25) is 0 Å². The van der Waals surface area contributed by atoms with Crippen LogP contribution in [0.5, 0.6) is 0 Å². The van der Waals surface area contributed by atoms with Crippen LogP contribution in [0.15, 0.2) is 48.4 Å². The maximum Gasteiger partial charge on any atom is 0.124 e. The fraction of sp³-hybridized carbons (Fsp3) is 0.118. The number of aromatic nitrogens is 3. The minimum Gasteiger partial charge on any atom is -0.342 e. The molecule has 3 heterocycles. The van der Waals surface area contributed by atoms with Crippen molar-refractivity contribution in [1.82, 2.24) is 15.0 Å². The van der Waals surface area contributed by atoms with Crippen LogP contribution in [0.4, 0.5) is 11.4 Å². The molecule has 0 saturated carbocycles. The molecule has 22 heavy (non-hydrogen) atoms. The van der Waals surface area contributed by atoms with E-state index in [9.17, 15) is 0 Å². The predicted molar refractivity (Wildman–Crippen MR) is 89.4 cm³/mol. The zero-order valence-corrected chi connectivity index (χ0v) is 13.1. The van der Waals surface area contributed by atoms with Crippen molar-refractivity contribution in [3.05, 3.63) is 64.6 Å². The quantitative estimate of drug-likeness (QED) is 0.680. The zero-order chi connectivity index (χ0) is 15.4. The largest absolute Gasteiger partial charge is 0.342 e. The number of rotatable bonds is 2. The van der Waals surface area contributed by atoms with E-state index in [4.69, 9.17) is 0 Å². The van der Waals surface area contributed by atoms with Gasteiger partial charge in [0, 0.05) is 30.4 Å². The Hall–Kier alpha value is -2.71. The van der Waals surface area contributed by atoms with Crippen LogP contribution in [-0.2, 0) is 0 Å². The molecule has 0 aromatic carbocycles. The van der Waals surface area contributed by atoms with E-state index in [-0.39, 0.29) is 0 Å². The van der Waals surface area contributed by atoms with Crippen LogP contribution < -0.4 is 4.90 Å². The van der Waals surface area contributed by atoms with Gasteiger partial charge in [0.1, 0.15) is 5.69 Å². The second-order valence-electron chi connectivity index (χ2n) is 4.70. The third-order valence-corrected chi connectivity index (χ3v) is 3.87. The van der Waals surface area contributed by atoms with Gasteiger partial charge in [-0.1, -0.05) is 5.92 Å². The highest BCUT2D eigenvalue weighted by molar-refractivity contribution is 7.09. The maximum absolute atomic E-state index is 4.34. The van der Waals surface area contributed by atoms with Crippen molar-refractivity contribution in [2.45, 2.75) is 6.92 Å². The van der Waals surface area contributed by atoms with Gasteiger partial charge in [0.25, 0.3) is 0 Å². The SMILES string of the molecule is Cc1nc(C#Cc2cncc(N(C)c3cccnc3)c2)cs1. The second-order valence-corrected chi connectivity index (χ2v) is 5.77. The maximum atomic E-state index is 4.34. The lowest BCUT2D eigenvalue weighted by Gasteiger charge is -2.18. The second kappa shape index (κ2) is 6.37. The number of thiazole rings is 1. The Bertz CT molecular complexity index is 830. The average molecular weight is 306 g/mol. The Balaban J connectivity index is 1.85. The number of hydrogen-bond donors (Lipinski definition) is 0. The highest BCUT2D eigenvalue weighted by Crippen LogP contribution is 2.22. The molecule has 0 N–H and O–H groups in total. The van der Waals surface area contributed by atoms with Crippen molar-refractivity contribution in [3.63, 3.8) is 0 Å². The summed E-state index contributed by atoms with van der Waals surface area (Å²) in [5.41, 5.74) is 3.63. The summed E-state index contributed by atoms with van der Waals surface area (Å²) in [5, 5.41) is 2.98. The first-order valence-corrected chi connectivity index (χ1v) is 7.63. The highest BCUT2D eigenvalue weighted by atomic mass is 32.1. The predicted octanol–water partition coefficient (Wildman–Crippen LogP) is 3.41. The van der Waals surface area contributed by atoms with E-state index in [1.54, 1.807) is 23.7 Å². The van der Waals surface area contributed by atoms with Gasteiger partial charge in [0.2, 0.25) is 0 Å². The van der Waals surface area contributed by atoms with Crippen LogP contribution in [0.3, 0.4) is 0 Å². The minimum absolute atomic E-state index is 0.800. The summed E-state index contributed by atoms with van der Waals surface area (Å²) < 4.78 is 0. The molecule has 108 valence electrons. The van der Waals surface area contributed by atoms with E-state index in [1.807, 2.05) is 54.8 Å². The molecule has 0 saturated heterocycles. The number of anilines is 2. The molecule has 5 heteroatoms. The lowest BCUT2D eigenvalue weighted by molar-refractivity contribution is 1.15. The molecule has 0 radical (unpaired) electrons. The fourth-order valence-corrected chi connectivity index (χ4v) is 2.48. The lowest BCUT2D eigenvalue weighted by Crippen LogP contribution is -2.09. The molecule has 3 rings (SSSR count). The van der Waals surface area contributed by atoms with E-state index in [0.717, 1.165) is 27.6 Å². The van der Waals surface area contributed by atoms with Crippen molar-refractivity contribution >= 4 is 22.7 Å². The van der Waals surface area contributed by atoms with Crippen LogP contribution in [0.1, 0.15) is 16.3 Å². The number of hydrogen-bond acceptors (Lipinski definition) is 5. The van der Waals surface area contributed by atoms with Crippen molar-refractivity contribution in [2.24, 2.45) is 0 Å². The third-order valence-electron chi connectivity index (χ3n) is 3.10. The van der Waals surface area contributed by atoms with Gasteiger partial charge >= 0.3 is 0 Å². The van der Waals surface area contributed by atoms with E-state index in [1.165, 1.54) is 0 Å². The Kier molecular flexibility index (Phi) is 4.12. The number of aryl methyl sites for hydroxylation is 1. The normalized spacial score (nSPS) is 9.91. The van der Waals surface area contributed by atoms with E-state index in [0.29, 0.717) is 0 Å².